The van der Waals surface area contributed by atoms with E-state index in [4.69, 9.17) is 15.2 Å². The Kier molecular flexibility index (Phi) is 2.76. The first kappa shape index (κ1) is 11.2. The molecule has 0 heterocycles. The Morgan fingerprint density at radius 3 is 2.12 bits per heavy atom. The minimum Gasteiger partial charge on any atom is -0.496 e. The third-order valence-corrected chi connectivity index (χ3v) is 3.05. The van der Waals surface area contributed by atoms with E-state index in [-0.39, 0.29) is 6.04 Å². The van der Waals surface area contributed by atoms with E-state index in [0.717, 1.165) is 0 Å². The molecule has 4 heteroatoms. The summed E-state index contributed by atoms with van der Waals surface area (Å²) in [6.45, 7) is 0. The number of halogens is 1. The molecular formula is C12H16FNO2. The van der Waals surface area contributed by atoms with Gasteiger partial charge in [-0.2, -0.15) is 0 Å². The molecule has 0 spiro atoms. The molecule has 0 saturated heterocycles. The molecule has 1 aromatic carbocycles. The van der Waals surface area contributed by atoms with Gasteiger partial charge in [-0.25, -0.2) is 4.39 Å². The number of benzene rings is 1. The Morgan fingerprint density at radius 2 is 1.75 bits per heavy atom. The molecule has 2 N–H and O–H groups in total. The summed E-state index contributed by atoms with van der Waals surface area (Å²) in [5.41, 5.74) is 4.74. The van der Waals surface area contributed by atoms with Gasteiger partial charge in [0.25, 0.3) is 0 Å². The molecular weight excluding hydrogens is 209 g/mol. The maximum atomic E-state index is 14.5. The van der Waals surface area contributed by atoms with Gasteiger partial charge in [0, 0.05) is 18.9 Å². The molecule has 1 aliphatic rings. The predicted octanol–water partition coefficient (Wildman–Crippen LogP) is 1.99. The van der Waals surface area contributed by atoms with Crippen LogP contribution in [-0.2, 0) is 5.67 Å². The zero-order chi connectivity index (χ0) is 11.8. The molecule has 0 aliphatic heterocycles. The summed E-state index contributed by atoms with van der Waals surface area (Å²) in [7, 11) is 3.06. The smallest absolute Gasteiger partial charge is 0.146 e. The zero-order valence-corrected chi connectivity index (χ0v) is 9.50. The second-order valence-corrected chi connectivity index (χ2v) is 4.17. The average Bonchev–Trinajstić information content (AvgIpc) is 2.25. The van der Waals surface area contributed by atoms with Crippen LogP contribution in [0.4, 0.5) is 4.39 Å². The van der Waals surface area contributed by atoms with Crippen LogP contribution in [0.5, 0.6) is 11.5 Å². The van der Waals surface area contributed by atoms with Gasteiger partial charge >= 0.3 is 0 Å². The standard InChI is InChI=1S/C12H16FNO2/c1-15-9-4-3-5-10(16-2)11(9)12(13)6-8(14)7-12/h3-5,8H,6-7,14H2,1-2H3. The van der Waals surface area contributed by atoms with Crippen molar-refractivity contribution in [3.05, 3.63) is 23.8 Å². The van der Waals surface area contributed by atoms with Crippen molar-refractivity contribution in [2.45, 2.75) is 24.6 Å². The lowest BCUT2D eigenvalue weighted by Gasteiger charge is -2.40. The van der Waals surface area contributed by atoms with E-state index in [1.807, 2.05) is 0 Å². The maximum absolute atomic E-state index is 14.5. The van der Waals surface area contributed by atoms with Gasteiger partial charge in [0.05, 0.1) is 19.8 Å². The molecule has 2 rings (SSSR count). The third kappa shape index (κ3) is 1.63. The molecule has 1 aromatic rings. The highest BCUT2D eigenvalue weighted by Crippen LogP contribution is 2.51. The molecule has 0 atom stereocenters. The lowest BCUT2D eigenvalue weighted by atomic mass is 9.72. The highest BCUT2D eigenvalue weighted by atomic mass is 19.1. The summed E-state index contributed by atoms with van der Waals surface area (Å²) >= 11 is 0. The van der Waals surface area contributed by atoms with Crippen LogP contribution in [0.1, 0.15) is 18.4 Å². The van der Waals surface area contributed by atoms with Crippen LogP contribution >= 0.6 is 0 Å². The normalized spacial score (nSPS) is 28.4. The molecule has 0 bridgehead atoms. The molecule has 1 fully saturated rings. The van der Waals surface area contributed by atoms with Crippen molar-refractivity contribution in [2.24, 2.45) is 5.73 Å². The molecule has 0 radical (unpaired) electrons. The predicted molar refractivity (Wildman–Crippen MR) is 59.5 cm³/mol. The lowest BCUT2D eigenvalue weighted by Crippen LogP contribution is -2.46. The van der Waals surface area contributed by atoms with Crippen LogP contribution in [0.15, 0.2) is 18.2 Å². The number of alkyl halides is 1. The summed E-state index contributed by atoms with van der Waals surface area (Å²) in [5.74, 6) is 1.04. The van der Waals surface area contributed by atoms with E-state index >= 15 is 0 Å². The second-order valence-electron chi connectivity index (χ2n) is 4.17. The molecule has 1 saturated carbocycles. The van der Waals surface area contributed by atoms with Gasteiger partial charge < -0.3 is 15.2 Å². The second kappa shape index (κ2) is 3.94. The van der Waals surface area contributed by atoms with Crippen LogP contribution in [-0.4, -0.2) is 20.3 Å². The highest BCUT2D eigenvalue weighted by molar-refractivity contribution is 5.50. The van der Waals surface area contributed by atoms with Crippen LogP contribution in [0, 0.1) is 0 Å². The number of methoxy groups -OCH3 is 2. The molecule has 88 valence electrons. The molecule has 0 amide bonds. The van der Waals surface area contributed by atoms with Crippen molar-refractivity contribution in [3.8, 4) is 11.5 Å². The Bertz CT molecular complexity index is 366. The third-order valence-electron chi connectivity index (χ3n) is 3.05. The molecule has 1 aliphatic carbocycles. The van der Waals surface area contributed by atoms with E-state index in [2.05, 4.69) is 0 Å². The van der Waals surface area contributed by atoms with Crippen LogP contribution in [0.2, 0.25) is 0 Å². The first-order valence-corrected chi connectivity index (χ1v) is 5.26. The fraction of sp³-hybridized carbons (Fsp3) is 0.500. The van der Waals surface area contributed by atoms with Gasteiger partial charge in [0.2, 0.25) is 0 Å². The first-order chi connectivity index (χ1) is 7.60. The van der Waals surface area contributed by atoms with Crippen molar-refractivity contribution in [3.63, 3.8) is 0 Å². The molecule has 3 nitrogen and oxygen atoms in total. The number of ether oxygens (including phenoxy) is 2. The minimum absolute atomic E-state index is 0.0698. The summed E-state index contributed by atoms with van der Waals surface area (Å²) in [4.78, 5) is 0. The highest BCUT2D eigenvalue weighted by Gasteiger charge is 2.48. The maximum Gasteiger partial charge on any atom is 0.146 e. The first-order valence-electron chi connectivity index (χ1n) is 5.26. The largest absolute Gasteiger partial charge is 0.496 e. The number of hydrogen-bond acceptors (Lipinski definition) is 3. The van der Waals surface area contributed by atoms with Crippen molar-refractivity contribution in [2.75, 3.05) is 14.2 Å². The van der Waals surface area contributed by atoms with Crippen LogP contribution < -0.4 is 15.2 Å². The fourth-order valence-electron chi connectivity index (χ4n) is 2.27. The van der Waals surface area contributed by atoms with Crippen molar-refractivity contribution in [1.29, 1.82) is 0 Å². The van der Waals surface area contributed by atoms with Crippen LogP contribution in [0.25, 0.3) is 0 Å². The molecule has 16 heavy (non-hydrogen) atoms. The Hall–Kier alpha value is -1.29. The Morgan fingerprint density at radius 1 is 1.25 bits per heavy atom. The van der Waals surface area contributed by atoms with Gasteiger partial charge in [-0.3, -0.25) is 0 Å². The van der Waals surface area contributed by atoms with E-state index in [0.29, 0.717) is 29.9 Å². The van der Waals surface area contributed by atoms with Gasteiger partial charge in [0.1, 0.15) is 17.2 Å². The Balaban J connectivity index is 2.45. The SMILES string of the molecule is COc1cccc(OC)c1C1(F)CC(N)C1. The lowest BCUT2D eigenvalue weighted by molar-refractivity contribution is 0.0355. The van der Waals surface area contributed by atoms with E-state index < -0.39 is 5.67 Å². The van der Waals surface area contributed by atoms with Gasteiger partial charge in [-0.05, 0) is 12.1 Å². The van der Waals surface area contributed by atoms with Gasteiger partial charge in [-0.15, -0.1) is 0 Å². The topological polar surface area (TPSA) is 44.5 Å². The number of hydrogen-bond donors (Lipinski definition) is 1. The minimum atomic E-state index is -1.41. The fourth-order valence-corrected chi connectivity index (χ4v) is 2.27. The number of nitrogens with two attached hydrogens (primary N) is 1. The van der Waals surface area contributed by atoms with E-state index in [1.54, 1.807) is 18.2 Å². The summed E-state index contributed by atoms with van der Waals surface area (Å²) in [6, 6.07) is 5.19. The van der Waals surface area contributed by atoms with Gasteiger partial charge in [0.15, 0.2) is 0 Å². The van der Waals surface area contributed by atoms with Crippen molar-refractivity contribution >= 4 is 0 Å². The van der Waals surface area contributed by atoms with E-state index in [9.17, 15) is 4.39 Å². The van der Waals surface area contributed by atoms with E-state index in [1.165, 1.54) is 14.2 Å². The monoisotopic (exact) mass is 225 g/mol. The zero-order valence-electron chi connectivity index (χ0n) is 9.50. The average molecular weight is 225 g/mol. The van der Waals surface area contributed by atoms with Crippen molar-refractivity contribution in [1.82, 2.24) is 0 Å². The quantitative estimate of drug-likeness (QED) is 0.855. The molecule has 0 unspecified atom stereocenters. The van der Waals surface area contributed by atoms with Gasteiger partial charge in [-0.1, -0.05) is 6.07 Å². The summed E-state index contributed by atoms with van der Waals surface area (Å²) in [5, 5.41) is 0. The van der Waals surface area contributed by atoms with Crippen LogP contribution in [0.3, 0.4) is 0 Å². The Labute approximate surface area is 94.3 Å². The number of rotatable bonds is 3. The van der Waals surface area contributed by atoms with Crippen molar-refractivity contribution < 1.29 is 13.9 Å². The molecule has 0 aromatic heterocycles. The summed E-state index contributed by atoms with van der Waals surface area (Å²) in [6.07, 6.45) is 0.646. The summed E-state index contributed by atoms with van der Waals surface area (Å²) < 4.78 is 24.9.